The van der Waals surface area contributed by atoms with Crippen LogP contribution in [0.4, 0.5) is 0 Å². The molecule has 2 aliphatic heterocycles. The Morgan fingerprint density at radius 3 is 2.37 bits per heavy atom. The van der Waals surface area contributed by atoms with Gasteiger partial charge in [-0.05, 0) is 93.8 Å². The van der Waals surface area contributed by atoms with E-state index in [4.69, 9.17) is 4.99 Å². The number of nitrogens with one attached hydrogen (secondary N) is 1. The van der Waals surface area contributed by atoms with Gasteiger partial charge in [-0.15, -0.1) is 0 Å². The van der Waals surface area contributed by atoms with Gasteiger partial charge in [-0.2, -0.15) is 0 Å². The molecule has 0 spiro atoms. The molecule has 7 rings (SSSR count). The molecule has 4 aromatic carbocycles. The molecule has 0 bridgehead atoms. The van der Waals surface area contributed by atoms with Crippen molar-refractivity contribution in [3.05, 3.63) is 162 Å². The molecular formula is C39H32N2. The van der Waals surface area contributed by atoms with Gasteiger partial charge in [-0.25, -0.2) is 0 Å². The third kappa shape index (κ3) is 5.42. The number of aliphatic imine (C=N–C) groups is 1. The first kappa shape index (κ1) is 25.0. The molecule has 0 saturated carbocycles. The average Bonchev–Trinajstić information content (AvgIpc) is 3.35. The van der Waals surface area contributed by atoms with Crippen LogP contribution >= 0.6 is 0 Å². The molecule has 0 amide bonds. The Morgan fingerprint density at radius 1 is 0.659 bits per heavy atom. The number of allylic oxidation sites excluding steroid dienone is 8. The summed E-state index contributed by atoms with van der Waals surface area (Å²) in [6, 6.07) is 33.0. The number of benzene rings is 4. The van der Waals surface area contributed by atoms with Gasteiger partial charge in [-0.3, -0.25) is 4.99 Å². The van der Waals surface area contributed by atoms with Gasteiger partial charge in [0.2, 0.25) is 0 Å². The van der Waals surface area contributed by atoms with Crippen LogP contribution in [0.2, 0.25) is 0 Å². The van der Waals surface area contributed by atoms with Crippen LogP contribution in [0, 0.1) is 0 Å². The normalized spacial score (nSPS) is 18.2. The monoisotopic (exact) mass is 528 g/mol. The lowest BCUT2D eigenvalue weighted by Crippen LogP contribution is -2.30. The fourth-order valence-corrected chi connectivity index (χ4v) is 5.80. The van der Waals surface area contributed by atoms with Gasteiger partial charge in [0.25, 0.3) is 0 Å². The van der Waals surface area contributed by atoms with Crippen molar-refractivity contribution < 1.29 is 0 Å². The van der Waals surface area contributed by atoms with E-state index < -0.39 is 0 Å². The molecule has 1 aliphatic carbocycles. The summed E-state index contributed by atoms with van der Waals surface area (Å²) in [6.45, 7) is 0. The second kappa shape index (κ2) is 11.3. The fraction of sp³-hybridized carbons (Fsp3) is 0.103. The van der Waals surface area contributed by atoms with Crippen LogP contribution in [0.15, 0.2) is 150 Å². The Hall–Kier alpha value is -4.95. The van der Waals surface area contributed by atoms with E-state index in [0.717, 1.165) is 36.2 Å². The summed E-state index contributed by atoms with van der Waals surface area (Å²) < 4.78 is 0. The summed E-state index contributed by atoms with van der Waals surface area (Å²) in [6.07, 6.45) is 22.8. The number of hydrogen-bond donors (Lipinski definition) is 1. The minimum atomic E-state index is 0.0947. The number of rotatable bonds is 5. The van der Waals surface area contributed by atoms with Crippen molar-refractivity contribution in [2.45, 2.75) is 25.3 Å². The zero-order valence-corrected chi connectivity index (χ0v) is 23.0. The van der Waals surface area contributed by atoms with E-state index in [1.54, 1.807) is 0 Å². The zero-order chi connectivity index (χ0) is 27.4. The number of hydrogen-bond acceptors (Lipinski definition) is 2. The third-order valence-electron chi connectivity index (χ3n) is 7.97. The maximum atomic E-state index is 4.80. The number of dihydropyridines is 1. The third-order valence-corrected chi connectivity index (χ3v) is 7.97. The SMILES string of the molecule is C1=CC=C(C2C=C(c3cc(C4=CCCC=N4)cc(-c4ccc5ccccc5c4)c3)C=C(c3ccccc3)N2)CC=C1. The van der Waals surface area contributed by atoms with Gasteiger partial charge in [0, 0.05) is 17.5 Å². The van der Waals surface area contributed by atoms with Crippen LogP contribution in [-0.4, -0.2) is 12.3 Å². The van der Waals surface area contributed by atoms with Gasteiger partial charge in [0.15, 0.2) is 0 Å². The molecule has 1 unspecified atom stereocenters. The molecule has 4 aromatic rings. The van der Waals surface area contributed by atoms with Crippen LogP contribution in [0.25, 0.3) is 38.9 Å². The molecule has 0 fully saturated rings. The molecule has 2 heterocycles. The van der Waals surface area contributed by atoms with E-state index in [0.29, 0.717) is 0 Å². The van der Waals surface area contributed by atoms with E-state index in [2.05, 4.69) is 145 Å². The molecule has 0 saturated heterocycles. The molecule has 3 aliphatic rings. The molecule has 0 aromatic heterocycles. The Kier molecular flexibility index (Phi) is 6.88. The van der Waals surface area contributed by atoms with Crippen molar-refractivity contribution in [1.82, 2.24) is 5.32 Å². The Bertz CT molecular complexity index is 1830. The highest BCUT2D eigenvalue weighted by Gasteiger charge is 2.20. The van der Waals surface area contributed by atoms with Crippen molar-refractivity contribution in [3.63, 3.8) is 0 Å². The molecule has 2 nitrogen and oxygen atoms in total. The zero-order valence-electron chi connectivity index (χ0n) is 23.0. The highest BCUT2D eigenvalue weighted by atomic mass is 14.9. The average molecular weight is 529 g/mol. The predicted octanol–water partition coefficient (Wildman–Crippen LogP) is 9.55. The second-order valence-corrected chi connectivity index (χ2v) is 10.8. The Morgan fingerprint density at radius 2 is 1.49 bits per heavy atom. The van der Waals surface area contributed by atoms with Crippen LogP contribution in [0.1, 0.15) is 36.0 Å². The van der Waals surface area contributed by atoms with Crippen LogP contribution in [0.3, 0.4) is 0 Å². The summed E-state index contributed by atoms with van der Waals surface area (Å²) in [4.78, 5) is 4.80. The molecule has 2 heteroatoms. The summed E-state index contributed by atoms with van der Waals surface area (Å²) in [7, 11) is 0. The lowest BCUT2D eigenvalue weighted by molar-refractivity contribution is 0.786. The van der Waals surface area contributed by atoms with Crippen molar-refractivity contribution in [1.29, 1.82) is 0 Å². The van der Waals surface area contributed by atoms with Gasteiger partial charge >= 0.3 is 0 Å². The maximum Gasteiger partial charge on any atom is 0.0673 e. The standard InChI is InChI=1S/C39H32N2/c1-2-5-14-29(13-4-1)38-26-35(27-39(41-38)30-15-6-3-7-16-30)34-23-33(24-36(25-34)37-18-10-11-21-40-37)32-20-19-28-12-8-9-17-31(28)22-32/h1-9,12-13,15-27,38,41H,10-11,14H2. The van der Waals surface area contributed by atoms with Crippen molar-refractivity contribution >= 4 is 34.0 Å². The quantitative estimate of drug-likeness (QED) is 0.274. The number of nitrogens with zero attached hydrogens (tertiary/aromatic N) is 1. The first-order valence-electron chi connectivity index (χ1n) is 14.5. The van der Waals surface area contributed by atoms with Gasteiger partial charge in [-0.1, -0.05) is 109 Å². The van der Waals surface area contributed by atoms with Crippen LogP contribution < -0.4 is 5.32 Å². The van der Waals surface area contributed by atoms with Gasteiger partial charge in [0.1, 0.15) is 0 Å². The van der Waals surface area contributed by atoms with Crippen molar-refractivity contribution in [3.8, 4) is 11.1 Å². The lowest BCUT2D eigenvalue weighted by atomic mass is 9.89. The fourth-order valence-electron chi connectivity index (χ4n) is 5.80. The lowest BCUT2D eigenvalue weighted by Gasteiger charge is -2.27. The largest absolute Gasteiger partial charge is 0.375 e. The molecule has 198 valence electrons. The van der Waals surface area contributed by atoms with E-state index in [1.807, 2.05) is 6.21 Å². The summed E-state index contributed by atoms with van der Waals surface area (Å²) in [5, 5.41) is 6.33. The second-order valence-electron chi connectivity index (χ2n) is 10.8. The number of fused-ring (bicyclic) bond motifs is 1. The topological polar surface area (TPSA) is 24.4 Å². The van der Waals surface area contributed by atoms with Gasteiger partial charge in [0.05, 0.1) is 11.7 Å². The van der Waals surface area contributed by atoms with Crippen molar-refractivity contribution in [2.75, 3.05) is 0 Å². The molecule has 0 radical (unpaired) electrons. The first-order chi connectivity index (χ1) is 20.3. The first-order valence-corrected chi connectivity index (χ1v) is 14.5. The maximum absolute atomic E-state index is 4.80. The molecule has 41 heavy (non-hydrogen) atoms. The molecule has 1 N–H and O–H groups in total. The Balaban J connectivity index is 1.39. The summed E-state index contributed by atoms with van der Waals surface area (Å²) in [5.41, 5.74) is 10.7. The summed E-state index contributed by atoms with van der Waals surface area (Å²) in [5.74, 6) is 0. The van der Waals surface area contributed by atoms with Crippen molar-refractivity contribution in [2.24, 2.45) is 4.99 Å². The van der Waals surface area contributed by atoms with Crippen LogP contribution in [-0.2, 0) is 0 Å². The Labute approximate surface area is 242 Å². The molecular weight excluding hydrogens is 496 g/mol. The highest BCUT2D eigenvalue weighted by Crippen LogP contribution is 2.35. The van der Waals surface area contributed by atoms with Gasteiger partial charge < -0.3 is 5.32 Å². The van der Waals surface area contributed by atoms with E-state index in [9.17, 15) is 0 Å². The minimum Gasteiger partial charge on any atom is -0.375 e. The van der Waals surface area contributed by atoms with Crippen LogP contribution in [0.5, 0.6) is 0 Å². The van der Waals surface area contributed by atoms with E-state index in [1.165, 1.54) is 44.2 Å². The predicted molar refractivity (Wildman–Crippen MR) is 175 cm³/mol. The minimum absolute atomic E-state index is 0.0947. The van der Waals surface area contributed by atoms with E-state index >= 15 is 0 Å². The smallest absolute Gasteiger partial charge is 0.0673 e. The highest BCUT2D eigenvalue weighted by molar-refractivity contribution is 5.92. The summed E-state index contributed by atoms with van der Waals surface area (Å²) >= 11 is 0. The molecule has 1 atom stereocenters. The van der Waals surface area contributed by atoms with E-state index in [-0.39, 0.29) is 6.04 Å².